The van der Waals surface area contributed by atoms with Gasteiger partial charge in [-0.2, -0.15) is 0 Å². The lowest BCUT2D eigenvalue weighted by atomic mass is 10.0. The molecule has 3 heteroatoms. The molecule has 2 aromatic rings. The van der Waals surface area contributed by atoms with Gasteiger partial charge in [-0.1, -0.05) is 59.3 Å². The molecular weight excluding hydrogens is 314 g/mol. The summed E-state index contributed by atoms with van der Waals surface area (Å²) in [5.41, 5.74) is 2.18. The zero-order valence-corrected chi connectivity index (χ0v) is 13.4. The van der Waals surface area contributed by atoms with Gasteiger partial charge in [0, 0.05) is 22.1 Å². The van der Waals surface area contributed by atoms with E-state index in [-0.39, 0.29) is 12.1 Å². The Hall–Kier alpha value is -1.32. The highest BCUT2D eigenvalue weighted by Crippen LogP contribution is 2.30. The van der Waals surface area contributed by atoms with Crippen molar-refractivity contribution in [2.45, 2.75) is 32.4 Å². The van der Waals surface area contributed by atoms with Crippen LogP contribution in [0.15, 0.2) is 53.0 Å². The zero-order chi connectivity index (χ0) is 14.5. The topological polar surface area (TPSA) is 32.3 Å². The van der Waals surface area contributed by atoms with Crippen LogP contribution >= 0.6 is 15.9 Å². The summed E-state index contributed by atoms with van der Waals surface area (Å²) < 4.78 is 1.10. The highest BCUT2D eigenvalue weighted by Gasteiger charge is 2.17. The summed E-state index contributed by atoms with van der Waals surface area (Å²) in [4.78, 5) is 0. The third-order valence-corrected chi connectivity index (χ3v) is 4.27. The smallest absolute Gasteiger partial charge is 0.120 e. The van der Waals surface area contributed by atoms with Crippen LogP contribution in [0.25, 0.3) is 0 Å². The van der Waals surface area contributed by atoms with Crippen LogP contribution in [0, 0.1) is 0 Å². The Bertz CT molecular complexity index is 570. The van der Waals surface area contributed by atoms with Gasteiger partial charge in [-0.3, -0.25) is 0 Å². The lowest BCUT2D eigenvalue weighted by Crippen LogP contribution is -2.24. The van der Waals surface area contributed by atoms with Gasteiger partial charge < -0.3 is 10.4 Å². The lowest BCUT2D eigenvalue weighted by molar-refractivity contribution is 0.419. The van der Waals surface area contributed by atoms with Crippen molar-refractivity contribution in [3.8, 4) is 5.75 Å². The highest BCUT2D eigenvalue weighted by atomic mass is 79.9. The first kappa shape index (κ1) is 15.1. The Kier molecular flexibility index (Phi) is 5.21. The van der Waals surface area contributed by atoms with E-state index in [1.165, 1.54) is 5.56 Å². The van der Waals surface area contributed by atoms with E-state index < -0.39 is 0 Å². The van der Waals surface area contributed by atoms with Gasteiger partial charge in [-0.05, 0) is 31.0 Å². The minimum atomic E-state index is 0.137. The number of benzene rings is 2. The maximum Gasteiger partial charge on any atom is 0.120 e. The maximum atomic E-state index is 10.0. The molecule has 0 saturated carbocycles. The number of aromatic hydroxyl groups is 1. The summed E-state index contributed by atoms with van der Waals surface area (Å²) >= 11 is 3.59. The molecule has 0 aliphatic rings. The molecule has 0 aliphatic carbocycles. The van der Waals surface area contributed by atoms with Crippen molar-refractivity contribution in [2.75, 3.05) is 0 Å². The highest BCUT2D eigenvalue weighted by molar-refractivity contribution is 9.10. The summed E-state index contributed by atoms with van der Waals surface area (Å²) in [7, 11) is 0. The van der Waals surface area contributed by atoms with Gasteiger partial charge in [0.15, 0.2) is 0 Å². The van der Waals surface area contributed by atoms with Crippen molar-refractivity contribution in [3.05, 3.63) is 64.1 Å². The number of para-hydroxylation sites is 1. The van der Waals surface area contributed by atoms with Crippen molar-refractivity contribution in [1.29, 1.82) is 0 Å². The third-order valence-electron chi connectivity index (χ3n) is 3.54. The van der Waals surface area contributed by atoms with Gasteiger partial charge in [-0.25, -0.2) is 0 Å². The van der Waals surface area contributed by atoms with Gasteiger partial charge >= 0.3 is 0 Å². The van der Waals surface area contributed by atoms with Gasteiger partial charge in [-0.15, -0.1) is 0 Å². The fraction of sp³-hybridized carbons (Fsp3) is 0.294. The van der Waals surface area contributed by atoms with Crippen molar-refractivity contribution in [3.63, 3.8) is 0 Å². The van der Waals surface area contributed by atoms with Crippen molar-refractivity contribution in [2.24, 2.45) is 0 Å². The second kappa shape index (κ2) is 6.91. The van der Waals surface area contributed by atoms with Crippen molar-refractivity contribution < 1.29 is 5.11 Å². The fourth-order valence-electron chi connectivity index (χ4n) is 2.43. The fourth-order valence-corrected chi connectivity index (χ4v) is 3.06. The molecule has 0 saturated heterocycles. The van der Waals surface area contributed by atoms with E-state index >= 15 is 0 Å². The van der Waals surface area contributed by atoms with E-state index in [9.17, 15) is 5.11 Å². The van der Waals surface area contributed by atoms with Crippen molar-refractivity contribution in [1.82, 2.24) is 5.32 Å². The number of rotatable bonds is 5. The zero-order valence-electron chi connectivity index (χ0n) is 11.8. The van der Waals surface area contributed by atoms with Gasteiger partial charge in [0.2, 0.25) is 0 Å². The van der Waals surface area contributed by atoms with Gasteiger partial charge in [0.25, 0.3) is 0 Å². The number of phenols is 1. The Labute approximate surface area is 129 Å². The molecule has 0 heterocycles. The van der Waals surface area contributed by atoms with Crippen LogP contribution in [0.5, 0.6) is 5.75 Å². The summed E-state index contributed by atoms with van der Waals surface area (Å²) in [5, 5.41) is 13.6. The van der Waals surface area contributed by atoms with Crippen LogP contribution in [0.2, 0.25) is 0 Å². The van der Waals surface area contributed by atoms with E-state index in [4.69, 9.17) is 0 Å². The Morgan fingerprint density at radius 3 is 2.25 bits per heavy atom. The lowest BCUT2D eigenvalue weighted by Gasteiger charge is -2.24. The molecule has 106 valence electrons. The first-order valence-electron chi connectivity index (χ1n) is 6.91. The van der Waals surface area contributed by atoms with Crippen LogP contribution in [0.3, 0.4) is 0 Å². The molecule has 0 aliphatic heterocycles. The van der Waals surface area contributed by atoms with Gasteiger partial charge in [0.05, 0.1) is 0 Å². The molecule has 1 unspecified atom stereocenters. The minimum absolute atomic E-state index is 0.137. The van der Waals surface area contributed by atoms with Crippen LogP contribution < -0.4 is 5.32 Å². The molecular formula is C17H20BrNO. The number of hydrogen-bond donors (Lipinski definition) is 2. The summed E-state index contributed by atoms with van der Waals surface area (Å²) in [5.74, 6) is 0.353. The second-order valence-corrected chi connectivity index (χ2v) is 5.78. The molecule has 2 rings (SSSR count). The van der Waals surface area contributed by atoms with Crippen LogP contribution in [-0.4, -0.2) is 5.11 Å². The molecule has 2 atom stereocenters. The normalized spacial score (nSPS) is 13.9. The first-order valence-corrected chi connectivity index (χ1v) is 7.71. The maximum absolute atomic E-state index is 10.0. The quantitative estimate of drug-likeness (QED) is 0.810. The summed E-state index contributed by atoms with van der Waals surface area (Å²) in [6.07, 6.45) is 0.923. The molecule has 0 spiro atoms. The van der Waals surface area contributed by atoms with Crippen LogP contribution in [0.1, 0.15) is 43.5 Å². The number of nitrogens with one attached hydrogen (secondary N) is 1. The predicted octanol–water partition coefficient (Wildman–Crippen LogP) is 4.96. The number of halogens is 1. The number of hydrogen-bond acceptors (Lipinski definition) is 2. The molecule has 0 fully saturated rings. The minimum Gasteiger partial charge on any atom is -0.508 e. The largest absolute Gasteiger partial charge is 0.508 e. The van der Waals surface area contributed by atoms with E-state index in [0.29, 0.717) is 5.75 Å². The summed E-state index contributed by atoms with van der Waals surface area (Å²) in [6.45, 7) is 4.26. The molecule has 0 amide bonds. The summed E-state index contributed by atoms with van der Waals surface area (Å²) in [6, 6.07) is 16.1. The average Bonchev–Trinajstić information content (AvgIpc) is 2.46. The Morgan fingerprint density at radius 1 is 1.05 bits per heavy atom. The Morgan fingerprint density at radius 2 is 1.65 bits per heavy atom. The van der Waals surface area contributed by atoms with E-state index in [1.807, 2.05) is 30.3 Å². The third kappa shape index (κ3) is 3.41. The molecule has 2 N–H and O–H groups in total. The Balaban J connectivity index is 2.19. The molecule has 0 bridgehead atoms. The van der Waals surface area contributed by atoms with Crippen LogP contribution in [-0.2, 0) is 0 Å². The standard InChI is InChI=1S/C17H20BrNO/c1-3-16(14-9-5-7-11-17(14)20)19-12(2)13-8-4-6-10-15(13)18/h4-12,16,19-20H,3H2,1-2H3/t12-,16?/m0/s1. The average molecular weight is 334 g/mol. The second-order valence-electron chi connectivity index (χ2n) is 4.93. The SMILES string of the molecule is CCC(N[C@@H](C)c1ccccc1Br)c1ccccc1O. The molecule has 0 aromatic heterocycles. The van der Waals surface area contributed by atoms with Crippen LogP contribution in [0.4, 0.5) is 0 Å². The van der Waals surface area contributed by atoms with E-state index in [2.05, 4.69) is 47.2 Å². The van der Waals surface area contributed by atoms with E-state index in [0.717, 1.165) is 16.5 Å². The van der Waals surface area contributed by atoms with Crippen molar-refractivity contribution >= 4 is 15.9 Å². The first-order chi connectivity index (χ1) is 9.63. The monoisotopic (exact) mass is 333 g/mol. The van der Waals surface area contributed by atoms with Gasteiger partial charge in [0.1, 0.15) is 5.75 Å². The van der Waals surface area contributed by atoms with E-state index in [1.54, 1.807) is 6.07 Å². The predicted molar refractivity (Wildman–Crippen MR) is 86.8 cm³/mol. The molecule has 0 radical (unpaired) electrons. The molecule has 20 heavy (non-hydrogen) atoms. The molecule has 2 nitrogen and oxygen atoms in total. The molecule has 2 aromatic carbocycles. The number of phenolic OH excluding ortho intramolecular Hbond substituents is 1.